The molecule has 2 amide bonds. The molecule has 1 fully saturated rings. The van der Waals surface area contributed by atoms with Gasteiger partial charge in [-0.15, -0.1) is 0 Å². The van der Waals surface area contributed by atoms with Gasteiger partial charge in [0.2, 0.25) is 11.8 Å². The lowest BCUT2D eigenvalue weighted by Crippen LogP contribution is -2.56. The van der Waals surface area contributed by atoms with Crippen molar-refractivity contribution in [2.24, 2.45) is 0 Å². The fraction of sp³-hybridized carbons (Fsp3) is 0.500. The average molecular weight is 365 g/mol. The third kappa shape index (κ3) is 6.11. The molecule has 0 spiro atoms. The van der Waals surface area contributed by atoms with Crippen molar-refractivity contribution in [2.45, 2.75) is 31.8 Å². The van der Waals surface area contributed by atoms with Gasteiger partial charge in [0, 0.05) is 32.6 Å². The normalized spacial score (nSPS) is 17.5. The van der Waals surface area contributed by atoms with E-state index in [9.17, 15) is 18.8 Å². The van der Waals surface area contributed by atoms with Crippen LogP contribution in [-0.4, -0.2) is 55.5 Å². The molecule has 7 nitrogen and oxygen atoms in total. The summed E-state index contributed by atoms with van der Waals surface area (Å²) in [5, 5.41) is 5.47. The number of benzene rings is 1. The van der Waals surface area contributed by atoms with E-state index in [0.29, 0.717) is 32.6 Å². The molecule has 1 saturated heterocycles. The zero-order valence-electron chi connectivity index (χ0n) is 14.8. The van der Waals surface area contributed by atoms with Crippen molar-refractivity contribution in [1.29, 1.82) is 0 Å². The number of esters is 1. The number of halogens is 1. The maximum atomic E-state index is 13.4. The summed E-state index contributed by atoms with van der Waals surface area (Å²) < 4.78 is 17.9. The molecule has 26 heavy (non-hydrogen) atoms. The zero-order chi connectivity index (χ0) is 18.9. The highest BCUT2D eigenvalue weighted by Gasteiger charge is 2.31. The van der Waals surface area contributed by atoms with Gasteiger partial charge >= 0.3 is 5.97 Å². The molecule has 2 rings (SSSR count). The van der Waals surface area contributed by atoms with Crippen LogP contribution in [0.2, 0.25) is 0 Å². The first kappa shape index (κ1) is 19.8. The van der Waals surface area contributed by atoms with Gasteiger partial charge in [-0.25, -0.2) is 4.39 Å². The molecule has 2 N–H and O–H groups in total. The van der Waals surface area contributed by atoms with E-state index < -0.39 is 6.04 Å². The Labute approximate surface area is 151 Å². The number of nitrogens with one attached hydrogen (secondary N) is 2. The fourth-order valence-electron chi connectivity index (χ4n) is 2.85. The molecular formula is C18H24FN3O4. The Morgan fingerprint density at radius 1 is 1.42 bits per heavy atom. The standard InChI is InChI=1S/C18H24FN3O4/c1-26-17(24)6-3-7-20-16(23)11-15-18(25)21-8-9-22(15)12-13-4-2-5-14(19)10-13/h2,4-5,10,15H,3,6-9,11-12H2,1H3,(H,20,23)(H,21,25). The summed E-state index contributed by atoms with van der Waals surface area (Å²) in [6.07, 6.45) is 0.716. The lowest BCUT2D eigenvalue weighted by Gasteiger charge is -2.34. The number of nitrogens with zero attached hydrogens (tertiary/aromatic N) is 1. The third-order valence-corrected chi connectivity index (χ3v) is 4.20. The van der Waals surface area contributed by atoms with E-state index in [1.54, 1.807) is 12.1 Å². The number of amides is 2. The van der Waals surface area contributed by atoms with Gasteiger partial charge in [-0.2, -0.15) is 0 Å². The smallest absolute Gasteiger partial charge is 0.305 e. The minimum atomic E-state index is -0.604. The van der Waals surface area contributed by atoms with Crippen molar-refractivity contribution in [3.05, 3.63) is 35.6 Å². The largest absolute Gasteiger partial charge is 0.469 e. The van der Waals surface area contributed by atoms with E-state index in [1.165, 1.54) is 19.2 Å². The van der Waals surface area contributed by atoms with Crippen LogP contribution in [0.5, 0.6) is 0 Å². The molecule has 0 saturated carbocycles. The van der Waals surface area contributed by atoms with Crippen LogP contribution in [0.25, 0.3) is 0 Å². The average Bonchev–Trinajstić information content (AvgIpc) is 2.61. The minimum Gasteiger partial charge on any atom is -0.469 e. The number of carbonyl (C=O) groups is 3. The molecule has 1 heterocycles. The van der Waals surface area contributed by atoms with Crippen molar-refractivity contribution in [3.63, 3.8) is 0 Å². The summed E-state index contributed by atoms with van der Waals surface area (Å²) in [4.78, 5) is 37.2. The Hall–Kier alpha value is -2.48. The fourth-order valence-corrected chi connectivity index (χ4v) is 2.85. The monoisotopic (exact) mass is 365 g/mol. The highest BCUT2D eigenvalue weighted by atomic mass is 19.1. The number of ether oxygens (including phenoxy) is 1. The summed E-state index contributed by atoms with van der Waals surface area (Å²) in [7, 11) is 1.32. The predicted molar refractivity (Wildman–Crippen MR) is 92.5 cm³/mol. The Bertz CT molecular complexity index is 653. The van der Waals surface area contributed by atoms with Crippen LogP contribution in [0.15, 0.2) is 24.3 Å². The second-order valence-electron chi connectivity index (χ2n) is 6.14. The second kappa shape index (κ2) is 9.86. The minimum absolute atomic E-state index is 0.0133. The molecule has 0 radical (unpaired) electrons. The van der Waals surface area contributed by atoms with Crippen LogP contribution in [0.4, 0.5) is 4.39 Å². The van der Waals surface area contributed by atoms with E-state index in [4.69, 9.17) is 0 Å². The summed E-state index contributed by atoms with van der Waals surface area (Å²) in [6, 6.07) is 5.60. The molecule has 1 aromatic rings. The first-order valence-electron chi connectivity index (χ1n) is 8.59. The van der Waals surface area contributed by atoms with Crippen LogP contribution in [0.1, 0.15) is 24.8 Å². The molecule has 1 atom stereocenters. The van der Waals surface area contributed by atoms with Crippen molar-refractivity contribution >= 4 is 17.8 Å². The van der Waals surface area contributed by atoms with Crippen LogP contribution < -0.4 is 10.6 Å². The van der Waals surface area contributed by atoms with Gasteiger partial charge in [0.15, 0.2) is 0 Å². The van der Waals surface area contributed by atoms with E-state index >= 15 is 0 Å². The van der Waals surface area contributed by atoms with Gasteiger partial charge in [0.1, 0.15) is 5.82 Å². The summed E-state index contributed by atoms with van der Waals surface area (Å²) in [5.74, 6) is -1.13. The number of carbonyl (C=O) groups excluding carboxylic acids is 3. The molecule has 8 heteroatoms. The van der Waals surface area contributed by atoms with Gasteiger partial charge in [-0.1, -0.05) is 12.1 Å². The number of hydrogen-bond donors (Lipinski definition) is 2. The van der Waals surface area contributed by atoms with E-state index in [1.807, 2.05) is 4.90 Å². The van der Waals surface area contributed by atoms with Gasteiger partial charge in [0.05, 0.1) is 19.6 Å². The van der Waals surface area contributed by atoms with Gasteiger partial charge in [-0.3, -0.25) is 19.3 Å². The summed E-state index contributed by atoms with van der Waals surface area (Å²) in [5.41, 5.74) is 0.753. The van der Waals surface area contributed by atoms with Gasteiger partial charge in [-0.05, 0) is 24.1 Å². The Kier molecular flexibility index (Phi) is 7.53. The predicted octanol–water partition coefficient (Wildman–Crippen LogP) is 0.586. The van der Waals surface area contributed by atoms with Gasteiger partial charge in [0.25, 0.3) is 0 Å². The van der Waals surface area contributed by atoms with E-state index in [-0.39, 0.29) is 36.4 Å². The van der Waals surface area contributed by atoms with Crippen molar-refractivity contribution < 1.29 is 23.5 Å². The lowest BCUT2D eigenvalue weighted by atomic mass is 10.1. The first-order chi connectivity index (χ1) is 12.5. The van der Waals surface area contributed by atoms with E-state index in [2.05, 4.69) is 15.4 Å². The molecule has 1 aliphatic rings. The molecule has 1 aliphatic heterocycles. The molecule has 0 aliphatic carbocycles. The van der Waals surface area contributed by atoms with Crippen LogP contribution >= 0.6 is 0 Å². The highest BCUT2D eigenvalue weighted by molar-refractivity contribution is 5.88. The highest BCUT2D eigenvalue weighted by Crippen LogP contribution is 2.14. The van der Waals surface area contributed by atoms with Crippen molar-refractivity contribution in [3.8, 4) is 0 Å². The maximum absolute atomic E-state index is 13.4. The number of rotatable bonds is 8. The van der Waals surface area contributed by atoms with Crippen molar-refractivity contribution in [2.75, 3.05) is 26.7 Å². The second-order valence-corrected chi connectivity index (χ2v) is 6.14. The maximum Gasteiger partial charge on any atom is 0.305 e. The van der Waals surface area contributed by atoms with Crippen molar-refractivity contribution in [1.82, 2.24) is 15.5 Å². The molecule has 142 valence electrons. The number of methoxy groups -OCH3 is 1. The Balaban J connectivity index is 1.87. The zero-order valence-corrected chi connectivity index (χ0v) is 14.8. The van der Waals surface area contributed by atoms with Crippen LogP contribution in [0.3, 0.4) is 0 Å². The number of piperazine rings is 1. The topological polar surface area (TPSA) is 87.7 Å². The molecule has 1 unspecified atom stereocenters. The number of hydrogen-bond acceptors (Lipinski definition) is 5. The summed E-state index contributed by atoms with van der Waals surface area (Å²) in [6.45, 7) is 1.81. The first-order valence-corrected chi connectivity index (χ1v) is 8.59. The molecular weight excluding hydrogens is 341 g/mol. The molecule has 0 aromatic heterocycles. The van der Waals surface area contributed by atoms with Gasteiger partial charge < -0.3 is 15.4 Å². The third-order valence-electron chi connectivity index (χ3n) is 4.20. The van der Waals surface area contributed by atoms with Crippen LogP contribution in [-0.2, 0) is 25.7 Å². The SMILES string of the molecule is COC(=O)CCCNC(=O)CC1C(=O)NCCN1Cc1cccc(F)c1. The Morgan fingerprint density at radius 3 is 2.96 bits per heavy atom. The lowest BCUT2D eigenvalue weighted by molar-refractivity contribution is -0.140. The van der Waals surface area contributed by atoms with E-state index in [0.717, 1.165) is 5.56 Å². The molecule has 0 bridgehead atoms. The summed E-state index contributed by atoms with van der Waals surface area (Å²) >= 11 is 0. The quantitative estimate of drug-likeness (QED) is 0.520. The van der Waals surface area contributed by atoms with Crippen LogP contribution in [0, 0.1) is 5.82 Å². The molecule has 1 aromatic carbocycles. The Morgan fingerprint density at radius 2 is 2.23 bits per heavy atom.